The van der Waals surface area contributed by atoms with Gasteiger partial charge in [-0.05, 0) is 54.3 Å². The quantitative estimate of drug-likeness (QED) is 0.461. The minimum atomic E-state index is -4.01. The van der Waals surface area contributed by atoms with Gasteiger partial charge in [0.05, 0.1) is 0 Å². The Labute approximate surface area is 146 Å². The molecule has 2 rings (SSSR count). The van der Waals surface area contributed by atoms with Crippen molar-refractivity contribution in [2.24, 2.45) is 0 Å². The molecule has 0 aromatic heterocycles. The smallest absolute Gasteiger partial charge is 0.377 e. The number of ketones is 1. The first-order valence-electron chi connectivity index (χ1n) is 7.66. The van der Waals surface area contributed by atoms with Crippen LogP contribution in [-0.2, 0) is 14.9 Å². The fourth-order valence-electron chi connectivity index (χ4n) is 2.16. The Morgan fingerprint density at radius 1 is 1.04 bits per heavy atom. The van der Waals surface area contributed by atoms with E-state index in [1.165, 1.54) is 36.4 Å². The second-order valence-electron chi connectivity index (χ2n) is 5.57. The Bertz CT molecular complexity index is 867. The minimum Gasteiger partial charge on any atom is -0.475 e. The molecule has 0 aliphatic heterocycles. The van der Waals surface area contributed by atoms with Crippen molar-refractivity contribution in [1.82, 2.24) is 0 Å². The van der Waals surface area contributed by atoms with Crippen molar-refractivity contribution in [2.45, 2.75) is 31.1 Å². The predicted octanol–water partition coefficient (Wildman–Crippen LogP) is 3.24. The van der Waals surface area contributed by atoms with Crippen LogP contribution in [0.4, 0.5) is 0 Å². The number of Topliss-reactive ketones (excluding diaryl/α,β-unsaturated/α-hetero) is 1. The average Bonchev–Trinajstić information content (AvgIpc) is 2.60. The van der Waals surface area contributed by atoms with Crippen molar-refractivity contribution in [3.8, 4) is 5.75 Å². The van der Waals surface area contributed by atoms with Crippen LogP contribution < -0.4 is 4.18 Å². The van der Waals surface area contributed by atoms with E-state index in [-0.39, 0.29) is 16.2 Å². The molecule has 0 saturated heterocycles. The van der Waals surface area contributed by atoms with E-state index < -0.39 is 21.9 Å². The van der Waals surface area contributed by atoms with E-state index in [9.17, 15) is 18.0 Å². The maximum Gasteiger partial charge on any atom is 0.377 e. The summed E-state index contributed by atoms with van der Waals surface area (Å²) in [6.45, 7) is 4.11. The number of aliphatic carboxylic acids is 1. The van der Waals surface area contributed by atoms with Gasteiger partial charge in [0.25, 0.3) is 5.78 Å². The molecule has 0 radical (unpaired) electrons. The Balaban J connectivity index is 2.18. The van der Waals surface area contributed by atoms with Gasteiger partial charge in [0.15, 0.2) is 0 Å². The van der Waals surface area contributed by atoms with Crippen LogP contribution in [0.1, 0.15) is 42.1 Å². The molecule has 1 unspecified atom stereocenters. The molecule has 0 aliphatic carbocycles. The van der Waals surface area contributed by atoms with E-state index in [0.717, 1.165) is 12.0 Å². The number of hydrogen-bond acceptors (Lipinski definition) is 5. The number of carboxylic acid groups (broad SMARTS) is 1. The maximum atomic E-state index is 12.3. The van der Waals surface area contributed by atoms with Crippen molar-refractivity contribution < 1.29 is 27.3 Å². The maximum absolute atomic E-state index is 12.3. The first-order chi connectivity index (χ1) is 11.7. The van der Waals surface area contributed by atoms with Crippen LogP contribution in [0.25, 0.3) is 0 Å². The van der Waals surface area contributed by atoms with Gasteiger partial charge in [0, 0.05) is 5.56 Å². The summed E-state index contributed by atoms with van der Waals surface area (Å²) in [7, 11) is -4.01. The number of carbonyl (C=O) groups is 2. The van der Waals surface area contributed by atoms with E-state index in [2.05, 4.69) is 13.8 Å². The Hall–Kier alpha value is -2.67. The van der Waals surface area contributed by atoms with Crippen LogP contribution in [0.5, 0.6) is 5.75 Å². The third-order valence-corrected chi connectivity index (χ3v) is 5.13. The van der Waals surface area contributed by atoms with Crippen molar-refractivity contribution in [2.75, 3.05) is 0 Å². The SMILES string of the molecule is CCC(C)c1ccc(S(=O)(=O)Oc2ccc(C(=O)C(=O)O)cc2)cc1. The molecule has 0 amide bonds. The minimum absolute atomic E-state index is 0.00654. The van der Waals surface area contributed by atoms with Gasteiger partial charge in [-0.25, -0.2) is 4.79 Å². The Kier molecular flexibility index (Phi) is 5.58. The fraction of sp³-hybridized carbons (Fsp3) is 0.222. The van der Waals surface area contributed by atoms with Gasteiger partial charge < -0.3 is 9.29 Å². The number of hydrogen-bond donors (Lipinski definition) is 1. The van der Waals surface area contributed by atoms with Crippen molar-refractivity contribution in [3.63, 3.8) is 0 Å². The summed E-state index contributed by atoms with van der Waals surface area (Å²) in [5, 5.41) is 8.64. The normalized spacial score (nSPS) is 12.4. The lowest BCUT2D eigenvalue weighted by molar-refractivity contribution is -0.131. The van der Waals surface area contributed by atoms with E-state index >= 15 is 0 Å². The average molecular weight is 362 g/mol. The zero-order chi connectivity index (χ0) is 18.6. The molecule has 0 aliphatic rings. The molecule has 6 nitrogen and oxygen atoms in total. The van der Waals surface area contributed by atoms with Crippen LogP contribution in [0.15, 0.2) is 53.4 Å². The molecule has 25 heavy (non-hydrogen) atoms. The second kappa shape index (κ2) is 7.48. The van der Waals surface area contributed by atoms with E-state index in [1.807, 2.05) is 0 Å². The van der Waals surface area contributed by atoms with Gasteiger partial charge in [0.1, 0.15) is 10.6 Å². The third-order valence-electron chi connectivity index (χ3n) is 3.87. The molecule has 0 saturated carbocycles. The Morgan fingerprint density at radius 3 is 2.08 bits per heavy atom. The number of benzene rings is 2. The summed E-state index contributed by atoms with van der Waals surface area (Å²) in [6, 6.07) is 11.3. The summed E-state index contributed by atoms with van der Waals surface area (Å²) in [6.07, 6.45) is 0.948. The molecule has 2 aromatic carbocycles. The zero-order valence-electron chi connectivity index (χ0n) is 13.8. The number of carboxylic acids is 1. The number of carbonyl (C=O) groups excluding carboxylic acids is 1. The molecule has 1 atom stereocenters. The molecular weight excluding hydrogens is 344 g/mol. The second-order valence-corrected chi connectivity index (χ2v) is 7.12. The predicted molar refractivity (Wildman–Crippen MR) is 91.4 cm³/mol. The molecule has 2 aromatic rings. The molecule has 0 fully saturated rings. The molecular formula is C18H18O6S. The van der Waals surface area contributed by atoms with Crippen LogP contribution in [0, 0.1) is 0 Å². The number of rotatable bonds is 7. The van der Waals surface area contributed by atoms with E-state index in [0.29, 0.717) is 5.92 Å². The van der Waals surface area contributed by atoms with Gasteiger partial charge in [-0.15, -0.1) is 0 Å². The van der Waals surface area contributed by atoms with Gasteiger partial charge in [-0.3, -0.25) is 4.79 Å². The lowest BCUT2D eigenvalue weighted by atomic mass is 9.99. The zero-order valence-corrected chi connectivity index (χ0v) is 14.6. The molecule has 0 bridgehead atoms. The summed E-state index contributed by atoms with van der Waals surface area (Å²) in [5.74, 6) is -2.33. The third kappa shape index (κ3) is 4.45. The largest absolute Gasteiger partial charge is 0.475 e. The molecule has 0 spiro atoms. The summed E-state index contributed by atoms with van der Waals surface area (Å²) in [4.78, 5) is 22.0. The van der Waals surface area contributed by atoms with Crippen LogP contribution in [-0.4, -0.2) is 25.3 Å². The molecule has 7 heteroatoms. The fourth-order valence-corrected chi connectivity index (χ4v) is 3.09. The topological polar surface area (TPSA) is 97.7 Å². The van der Waals surface area contributed by atoms with Gasteiger partial charge in [-0.1, -0.05) is 26.0 Å². The molecule has 0 heterocycles. The standard InChI is InChI=1S/C18H18O6S/c1-3-12(2)13-6-10-16(11-7-13)25(22,23)24-15-8-4-14(5-9-15)17(19)18(20)21/h4-12H,3H2,1-2H3,(H,20,21). The van der Waals surface area contributed by atoms with E-state index in [4.69, 9.17) is 9.29 Å². The van der Waals surface area contributed by atoms with Gasteiger partial charge in [0.2, 0.25) is 0 Å². The van der Waals surface area contributed by atoms with Crippen LogP contribution in [0.3, 0.4) is 0 Å². The van der Waals surface area contributed by atoms with Gasteiger partial charge in [-0.2, -0.15) is 8.42 Å². The lowest BCUT2D eigenvalue weighted by Gasteiger charge is -2.11. The van der Waals surface area contributed by atoms with Crippen molar-refractivity contribution >= 4 is 21.9 Å². The van der Waals surface area contributed by atoms with Crippen LogP contribution in [0.2, 0.25) is 0 Å². The highest BCUT2D eigenvalue weighted by molar-refractivity contribution is 7.87. The van der Waals surface area contributed by atoms with Crippen molar-refractivity contribution in [3.05, 3.63) is 59.7 Å². The molecule has 1 N–H and O–H groups in total. The first-order valence-corrected chi connectivity index (χ1v) is 9.07. The molecule has 132 valence electrons. The highest BCUT2D eigenvalue weighted by Gasteiger charge is 2.18. The van der Waals surface area contributed by atoms with Gasteiger partial charge >= 0.3 is 16.1 Å². The van der Waals surface area contributed by atoms with Crippen LogP contribution >= 0.6 is 0 Å². The summed E-state index contributed by atoms with van der Waals surface area (Å²) in [5.41, 5.74) is 0.980. The first kappa shape index (κ1) is 18.7. The lowest BCUT2D eigenvalue weighted by Crippen LogP contribution is -2.13. The van der Waals surface area contributed by atoms with E-state index in [1.54, 1.807) is 12.1 Å². The van der Waals surface area contributed by atoms with Crippen molar-refractivity contribution in [1.29, 1.82) is 0 Å². The summed E-state index contributed by atoms with van der Waals surface area (Å²) >= 11 is 0. The summed E-state index contributed by atoms with van der Waals surface area (Å²) < 4.78 is 29.6. The highest BCUT2D eigenvalue weighted by Crippen LogP contribution is 2.23. The highest BCUT2D eigenvalue weighted by atomic mass is 32.2. The Morgan fingerprint density at radius 2 is 1.60 bits per heavy atom. The monoisotopic (exact) mass is 362 g/mol.